The molecule has 1 N–H and O–H groups in total. The van der Waals surface area contributed by atoms with Crippen molar-refractivity contribution in [2.75, 3.05) is 13.7 Å². The average Bonchev–Trinajstić information content (AvgIpc) is 3.64. The molecule has 7 nitrogen and oxygen atoms in total. The highest BCUT2D eigenvalue weighted by atomic mass is 16.5. The number of ether oxygens (including phenoxy) is 1. The van der Waals surface area contributed by atoms with Gasteiger partial charge < -0.3 is 10.1 Å². The lowest BCUT2D eigenvalue weighted by Crippen LogP contribution is -2.33. The molecule has 1 fully saturated rings. The smallest absolute Gasteiger partial charge is 0.272 e. The molecule has 35 heavy (non-hydrogen) atoms. The zero-order valence-corrected chi connectivity index (χ0v) is 19.9. The summed E-state index contributed by atoms with van der Waals surface area (Å²) in [7, 11) is 1.68. The van der Waals surface area contributed by atoms with E-state index in [0.29, 0.717) is 24.8 Å². The maximum Gasteiger partial charge on any atom is 0.272 e. The Balaban J connectivity index is 1.30. The van der Waals surface area contributed by atoms with Gasteiger partial charge in [0.25, 0.3) is 5.91 Å². The molecule has 0 atom stereocenters. The number of para-hydroxylation sites is 1. The van der Waals surface area contributed by atoms with Crippen LogP contribution in [0, 0.1) is 0 Å². The molecule has 0 bridgehead atoms. The minimum absolute atomic E-state index is 0.0515. The lowest BCUT2D eigenvalue weighted by Gasteiger charge is -2.28. The molecule has 0 unspecified atom stereocenters. The first kappa shape index (κ1) is 21.8. The Morgan fingerprint density at radius 1 is 1.11 bits per heavy atom. The first-order valence-electron chi connectivity index (χ1n) is 12.3. The topological polar surface area (TPSA) is 72.3 Å². The van der Waals surface area contributed by atoms with Gasteiger partial charge in [0.1, 0.15) is 5.75 Å². The third-order valence-electron chi connectivity index (χ3n) is 6.94. The summed E-state index contributed by atoms with van der Waals surface area (Å²) in [5, 5.41) is 9.17. The summed E-state index contributed by atoms with van der Waals surface area (Å²) in [5.41, 5.74) is 6.15. The Morgan fingerprint density at radius 3 is 2.86 bits per heavy atom. The highest BCUT2D eigenvalue weighted by Gasteiger charge is 2.31. The molecule has 2 aromatic carbocycles. The molecular weight excluding hydrogens is 438 g/mol. The summed E-state index contributed by atoms with van der Waals surface area (Å²) in [5.74, 6) is 0.773. The average molecular weight is 468 g/mol. The number of rotatable bonds is 7. The Hall–Kier alpha value is -3.71. The minimum Gasteiger partial charge on any atom is -0.497 e. The second-order valence-corrected chi connectivity index (χ2v) is 9.48. The van der Waals surface area contributed by atoms with E-state index < -0.39 is 0 Å². The summed E-state index contributed by atoms with van der Waals surface area (Å²) >= 11 is 0. The molecule has 0 spiro atoms. The van der Waals surface area contributed by atoms with E-state index in [-0.39, 0.29) is 5.91 Å². The Labute approximate surface area is 204 Å². The third kappa shape index (κ3) is 4.51. The van der Waals surface area contributed by atoms with Crippen molar-refractivity contribution in [3.63, 3.8) is 0 Å². The molecule has 178 valence electrons. The number of nitrogens with one attached hydrogen (secondary N) is 1. The molecule has 1 aliphatic carbocycles. The summed E-state index contributed by atoms with van der Waals surface area (Å²) < 4.78 is 7.41. The second kappa shape index (κ2) is 9.15. The van der Waals surface area contributed by atoms with Gasteiger partial charge in [0.2, 0.25) is 0 Å². The lowest BCUT2D eigenvalue weighted by molar-refractivity contribution is 0.0943. The molecule has 0 radical (unpaired) electrons. The van der Waals surface area contributed by atoms with Crippen LogP contribution in [0.3, 0.4) is 0 Å². The Kier molecular flexibility index (Phi) is 5.70. The van der Waals surface area contributed by atoms with Gasteiger partial charge in [-0.3, -0.25) is 19.4 Å². The number of amides is 1. The number of nitrogens with zero attached hydrogens (tertiary/aromatic N) is 4. The van der Waals surface area contributed by atoms with Crippen LogP contribution in [0.1, 0.15) is 45.7 Å². The Bertz CT molecular complexity index is 1390. The normalized spacial score (nSPS) is 15.7. The van der Waals surface area contributed by atoms with Crippen LogP contribution in [0.5, 0.6) is 5.75 Å². The van der Waals surface area contributed by atoms with Crippen LogP contribution in [-0.2, 0) is 26.1 Å². The standard InChI is InChI=1S/C28H29N5O2/c1-35-22-6-4-5-19(15-22)16-33-26-12-14-32(17-20-11-13-29-25-8-3-2-7-23(20)25)18-24(26)27(31-33)28(34)30-21-9-10-21/h2-8,11,13,15,21H,9-10,12,14,16-18H2,1H3,(H,30,34). The molecule has 3 heterocycles. The van der Waals surface area contributed by atoms with Crippen molar-refractivity contribution in [1.82, 2.24) is 25.0 Å². The van der Waals surface area contributed by atoms with Crippen molar-refractivity contribution in [2.45, 2.75) is 44.9 Å². The Morgan fingerprint density at radius 2 is 2.00 bits per heavy atom. The lowest BCUT2D eigenvalue weighted by atomic mass is 10.0. The summed E-state index contributed by atoms with van der Waals surface area (Å²) in [6.07, 6.45) is 4.85. The summed E-state index contributed by atoms with van der Waals surface area (Å²) in [6, 6.07) is 18.7. The number of pyridine rings is 1. The predicted octanol–water partition coefficient (Wildman–Crippen LogP) is 3.94. The van der Waals surface area contributed by atoms with Crippen molar-refractivity contribution in [3.8, 4) is 5.75 Å². The van der Waals surface area contributed by atoms with Gasteiger partial charge in [0, 0.05) is 54.9 Å². The van der Waals surface area contributed by atoms with E-state index >= 15 is 0 Å². The molecule has 1 amide bonds. The molecule has 2 aromatic heterocycles. The molecule has 6 rings (SSSR count). The molecule has 0 saturated heterocycles. The van der Waals surface area contributed by atoms with E-state index in [4.69, 9.17) is 9.84 Å². The fourth-order valence-electron chi connectivity index (χ4n) is 4.95. The number of carbonyl (C=O) groups excluding carboxylic acids is 1. The van der Waals surface area contributed by atoms with Crippen LogP contribution in [0.2, 0.25) is 0 Å². The predicted molar refractivity (Wildman–Crippen MR) is 134 cm³/mol. The van der Waals surface area contributed by atoms with Gasteiger partial charge in [-0.25, -0.2) is 0 Å². The van der Waals surface area contributed by atoms with Crippen molar-refractivity contribution >= 4 is 16.8 Å². The number of aromatic nitrogens is 3. The second-order valence-electron chi connectivity index (χ2n) is 9.48. The number of benzene rings is 2. The van der Waals surface area contributed by atoms with Crippen LogP contribution in [0.25, 0.3) is 10.9 Å². The number of hydrogen-bond donors (Lipinski definition) is 1. The molecule has 1 aliphatic heterocycles. The van der Waals surface area contributed by atoms with Gasteiger partial charge in [-0.1, -0.05) is 30.3 Å². The summed E-state index contributed by atoms with van der Waals surface area (Å²) in [6.45, 7) is 3.05. The van der Waals surface area contributed by atoms with Crippen molar-refractivity contribution in [2.24, 2.45) is 0 Å². The highest BCUT2D eigenvalue weighted by molar-refractivity contribution is 5.94. The quantitative estimate of drug-likeness (QED) is 0.446. The van der Waals surface area contributed by atoms with Crippen LogP contribution in [0.15, 0.2) is 60.8 Å². The van der Waals surface area contributed by atoms with Gasteiger partial charge in [0.05, 0.1) is 19.2 Å². The zero-order chi connectivity index (χ0) is 23.8. The van der Waals surface area contributed by atoms with Crippen LogP contribution >= 0.6 is 0 Å². The van der Waals surface area contributed by atoms with E-state index in [2.05, 4.69) is 45.5 Å². The van der Waals surface area contributed by atoms with E-state index in [1.54, 1.807) is 7.11 Å². The van der Waals surface area contributed by atoms with Crippen LogP contribution < -0.4 is 10.1 Å². The van der Waals surface area contributed by atoms with Crippen molar-refractivity contribution in [3.05, 3.63) is 88.9 Å². The van der Waals surface area contributed by atoms with Gasteiger partial charge in [-0.05, 0) is 48.2 Å². The maximum atomic E-state index is 13.1. The van der Waals surface area contributed by atoms with E-state index in [0.717, 1.165) is 60.4 Å². The van der Waals surface area contributed by atoms with E-state index in [1.807, 2.05) is 35.1 Å². The number of carbonyl (C=O) groups is 1. The van der Waals surface area contributed by atoms with Gasteiger partial charge >= 0.3 is 0 Å². The summed E-state index contributed by atoms with van der Waals surface area (Å²) in [4.78, 5) is 20.1. The van der Waals surface area contributed by atoms with Gasteiger partial charge in [0.15, 0.2) is 5.69 Å². The minimum atomic E-state index is -0.0515. The number of methoxy groups -OCH3 is 1. The maximum absolute atomic E-state index is 13.1. The van der Waals surface area contributed by atoms with Gasteiger partial charge in [-0.2, -0.15) is 5.10 Å². The largest absolute Gasteiger partial charge is 0.497 e. The molecule has 7 heteroatoms. The highest BCUT2D eigenvalue weighted by Crippen LogP contribution is 2.28. The SMILES string of the molecule is COc1cccc(Cn2nc(C(=O)NC3CC3)c3c2CCN(Cc2ccnc4ccccc24)C3)c1. The fourth-order valence-corrected chi connectivity index (χ4v) is 4.95. The fraction of sp³-hybridized carbons (Fsp3) is 0.321. The molecule has 4 aromatic rings. The van der Waals surface area contributed by atoms with Crippen molar-refractivity contribution in [1.29, 1.82) is 0 Å². The third-order valence-corrected chi connectivity index (χ3v) is 6.94. The first-order chi connectivity index (χ1) is 17.2. The number of hydrogen-bond acceptors (Lipinski definition) is 5. The van der Waals surface area contributed by atoms with Crippen LogP contribution in [-0.4, -0.2) is 45.3 Å². The van der Waals surface area contributed by atoms with Crippen molar-refractivity contribution < 1.29 is 9.53 Å². The van der Waals surface area contributed by atoms with Gasteiger partial charge in [-0.15, -0.1) is 0 Å². The molecule has 2 aliphatic rings. The zero-order valence-electron chi connectivity index (χ0n) is 19.9. The van der Waals surface area contributed by atoms with Crippen LogP contribution in [0.4, 0.5) is 0 Å². The monoisotopic (exact) mass is 467 g/mol. The number of fused-ring (bicyclic) bond motifs is 2. The van der Waals surface area contributed by atoms with E-state index in [1.165, 1.54) is 10.9 Å². The molecular formula is C28H29N5O2. The van der Waals surface area contributed by atoms with E-state index in [9.17, 15) is 4.79 Å². The first-order valence-corrected chi connectivity index (χ1v) is 12.3. The molecule has 1 saturated carbocycles.